The molecule has 1 heterocycles. The van der Waals surface area contributed by atoms with Crippen LogP contribution < -0.4 is 0 Å². The molecule has 0 atom stereocenters. The number of hydrogen-bond acceptors (Lipinski definition) is 5. The molecular weight excluding hydrogens is 280 g/mol. The molecule has 0 aliphatic carbocycles. The predicted octanol–water partition coefficient (Wildman–Crippen LogP) is 3.31. The zero-order chi connectivity index (χ0) is 13.8. The summed E-state index contributed by atoms with van der Waals surface area (Å²) in [7, 11) is 0. The van der Waals surface area contributed by atoms with Gasteiger partial charge in [-0.05, 0) is 24.6 Å². The summed E-state index contributed by atoms with van der Waals surface area (Å²) in [6.07, 6.45) is 0. The fraction of sp³-hybridized carbons (Fsp3) is 0.154. The van der Waals surface area contributed by atoms with Gasteiger partial charge in [-0.3, -0.25) is 0 Å². The normalized spacial score (nSPS) is 10.1. The molecule has 0 radical (unpaired) electrons. The highest BCUT2D eigenvalue weighted by Gasteiger charge is 2.14. The van der Waals surface area contributed by atoms with Crippen LogP contribution >= 0.6 is 23.1 Å². The highest BCUT2D eigenvalue weighted by Crippen LogP contribution is 2.29. The lowest BCUT2D eigenvalue weighted by Crippen LogP contribution is -1.94. The molecule has 0 unspecified atom stereocenters. The van der Waals surface area contributed by atoms with Gasteiger partial charge in [0.05, 0.1) is 17.3 Å². The topological polar surface area (TPSA) is 74.0 Å². The number of carboxylic acids is 1. The van der Waals surface area contributed by atoms with E-state index in [-0.39, 0.29) is 0 Å². The first-order chi connectivity index (χ1) is 9.10. The van der Waals surface area contributed by atoms with Crippen molar-refractivity contribution in [3.8, 4) is 6.07 Å². The van der Waals surface area contributed by atoms with E-state index in [1.54, 1.807) is 19.1 Å². The second-order valence-corrected chi connectivity index (χ2v) is 6.02. The van der Waals surface area contributed by atoms with Crippen molar-refractivity contribution in [1.82, 2.24) is 4.98 Å². The van der Waals surface area contributed by atoms with Gasteiger partial charge in [-0.25, -0.2) is 9.78 Å². The molecule has 6 heteroatoms. The summed E-state index contributed by atoms with van der Waals surface area (Å²) in [6.45, 7) is 1.70. The first kappa shape index (κ1) is 13.6. The molecule has 4 nitrogen and oxygen atoms in total. The van der Waals surface area contributed by atoms with Gasteiger partial charge in [0.25, 0.3) is 0 Å². The minimum Gasteiger partial charge on any atom is -0.477 e. The highest BCUT2D eigenvalue weighted by atomic mass is 32.2. The fourth-order valence-electron chi connectivity index (χ4n) is 1.45. The number of aromatic nitrogens is 1. The summed E-state index contributed by atoms with van der Waals surface area (Å²) in [6, 6.07) is 9.39. The van der Waals surface area contributed by atoms with E-state index in [9.17, 15) is 4.79 Å². The Morgan fingerprint density at radius 3 is 2.68 bits per heavy atom. The molecule has 0 amide bonds. The number of aryl methyl sites for hydroxylation is 1. The van der Waals surface area contributed by atoms with Crippen LogP contribution in [0.15, 0.2) is 28.6 Å². The standard InChI is InChI=1S/C13H10N2O2S2/c1-8-11(12(16)17)19-13(15-8)18-7-10-4-2-9(6-14)3-5-10/h2-5H,7H2,1H3,(H,16,17). The number of thiazole rings is 1. The van der Waals surface area contributed by atoms with Crippen LogP contribution in [0, 0.1) is 18.3 Å². The highest BCUT2D eigenvalue weighted by molar-refractivity contribution is 8.00. The minimum atomic E-state index is -0.930. The van der Waals surface area contributed by atoms with E-state index in [2.05, 4.69) is 11.1 Å². The summed E-state index contributed by atoms with van der Waals surface area (Å²) >= 11 is 2.70. The Labute approximate surface area is 118 Å². The van der Waals surface area contributed by atoms with Gasteiger partial charge in [-0.1, -0.05) is 23.9 Å². The minimum absolute atomic E-state index is 0.294. The lowest BCUT2D eigenvalue weighted by atomic mass is 10.2. The molecule has 0 fully saturated rings. The van der Waals surface area contributed by atoms with E-state index in [4.69, 9.17) is 10.4 Å². The van der Waals surface area contributed by atoms with Crippen molar-refractivity contribution in [1.29, 1.82) is 5.26 Å². The van der Waals surface area contributed by atoms with Gasteiger partial charge < -0.3 is 5.11 Å². The quantitative estimate of drug-likeness (QED) is 0.874. The van der Waals surface area contributed by atoms with Crippen molar-refractivity contribution in [3.63, 3.8) is 0 Å². The lowest BCUT2D eigenvalue weighted by molar-refractivity contribution is 0.0701. The van der Waals surface area contributed by atoms with Crippen molar-refractivity contribution < 1.29 is 9.90 Å². The van der Waals surface area contributed by atoms with Crippen molar-refractivity contribution in [2.24, 2.45) is 0 Å². The molecule has 0 saturated heterocycles. The van der Waals surface area contributed by atoms with Gasteiger partial charge in [0.2, 0.25) is 0 Å². The summed E-state index contributed by atoms with van der Waals surface area (Å²) in [5, 5.41) is 17.7. The van der Waals surface area contributed by atoms with Gasteiger partial charge >= 0.3 is 5.97 Å². The second-order valence-electron chi connectivity index (χ2n) is 3.80. The number of rotatable bonds is 4. The lowest BCUT2D eigenvalue weighted by Gasteiger charge is -1.98. The second kappa shape index (κ2) is 5.87. The summed E-state index contributed by atoms with van der Waals surface area (Å²) in [5.74, 6) is -0.224. The third-order valence-electron chi connectivity index (χ3n) is 2.42. The maximum atomic E-state index is 10.9. The van der Waals surface area contributed by atoms with Gasteiger partial charge in [0, 0.05) is 5.75 Å². The number of aromatic carboxylic acids is 1. The smallest absolute Gasteiger partial charge is 0.347 e. The molecule has 0 aliphatic rings. The molecule has 1 aromatic heterocycles. The van der Waals surface area contributed by atoms with Gasteiger partial charge in [-0.15, -0.1) is 11.3 Å². The average molecular weight is 290 g/mol. The Morgan fingerprint density at radius 1 is 1.47 bits per heavy atom. The van der Waals surface area contributed by atoms with Crippen LogP contribution in [-0.2, 0) is 5.75 Å². The number of thioether (sulfide) groups is 1. The third kappa shape index (κ3) is 3.34. The molecule has 0 aliphatic heterocycles. The van der Waals surface area contributed by atoms with Crippen LogP contribution in [0.1, 0.15) is 26.5 Å². The number of nitriles is 1. The largest absolute Gasteiger partial charge is 0.477 e. The zero-order valence-electron chi connectivity index (χ0n) is 10.1. The molecule has 96 valence electrons. The van der Waals surface area contributed by atoms with Gasteiger partial charge in [0.1, 0.15) is 4.88 Å². The SMILES string of the molecule is Cc1nc(SCc2ccc(C#N)cc2)sc1C(=O)O. The number of hydrogen-bond donors (Lipinski definition) is 1. The Morgan fingerprint density at radius 2 is 2.16 bits per heavy atom. The van der Waals surface area contributed by atoms with Crippen LogP contribution in [0.2, 0.25) is 0 Å². The molecule has 0 bridgehead atoms. The molecular formula is C13H10N2O2S2. The van der Waals surface area contributed by atoms with Crippen LogP contribution in [-0.4, -0.2) is 16.1 Å². The van der Waals surface area contributed by atoms with Crippen LogP contribution in [0.4, 0.5) is 0 Å². The Kier molecular flexibility index (Phi) is 4.20. The van der Waals surface area contributed by atoms with E-state index in [0.29, 0.717) is 21.9 Å². The van der Waals surface area contributed by atoms with Crippen molar-refractivity contribution in [3.05, 3.63) is 46.0 Å². The summed E-state index contributed by atoms with van der Waals surface area (Å²) in [4.78, 5) is 15.4. The maximum Gasteiger partial charge on any atom is 0.347 e. The molecule has 1 N–H and O–H groups in total. The molecule has 1 aromatic carbocycles. The van der Waals surface area contributed by atoms with E-state index < -0.39 is 5.97 Å². The molecule has 0 spiro atoms. The first-order valence-corrected chi connectivity index (χ1v) is 7.23. The van der Waals surface area contributed by atoms with Gasteiger partial charge in [0.15, 0.2) is 4.34 Å². The zero-order valence-corrected chi connectivity index (χ0v) is 11.7. The summed E-state index contributed by atoms with van der Waals surface area (Å²) in [5.41, 5.74) is 2.26. The number of nitrogens with zero attached hydrogens (tertiary/aromatic N) is 2. The third-order valence-corrected chi connectivity index (χ3v) is 4.78. The first-order valence-electron chi connectivity index (χ1n) is 5.42. The molecule has 2 aromatic rings. The van der Waals surface area contributed by atoms with Crippen molar-refractivity contribution >= 4 is 29.1 Å². The van der Waals surface area contributed by atoms with Crippen molar-refractivity contribution in [2.75, 3.05) is 0 Å². The van der Waals surface area contributed by atoms with Crippen molar-refractivity contribution in [2.45, 2.75) is 17.0 Å². The van der Waals surface area contributed by atoms with Gasteiger partial charge in [-0.2, -0.15) is 5.26 Å². The maximum absolute atomic E-state index is 10.9. The van der Waals surface area contributed by atoms with E-state index in [0.717, 1.165) is 9.90 Å². The molecule has 2 rings (SSSR count). The number of carboxylic acid groups (broad SMARTS) is 1. The monoisotopic (exact) mass is 290 g/mol. The average Bonchev–Trinajstić information content (AvgIpc) is 2.78. The predicted molar refractivity (Wildman–Crippen MR) is 74.5 cm³/mol. The van der Waals surface area contributed by atoms with Crippen LogP contribution in [0.5, 0.6) is 0 Å². The number of benzene rings is 1. The van der Waals surface area contributed by atoms with Crippen LogP contribution in [0.25, 0.3) is 0 Å². The Bertz CT molecular complexity index is 642. The Hall–Kier alpha value is -1.84. The molecule has 19 heavy (non-hydrogen) atoms. The fourth-order valence-corrected chi connectivity index (χ4v) is 3.44. The van der Waals surface area contributed by atoms with E-state index in [1.165, 1.54) is 23.1 Å². The van der Waals surface area contributed by atoms with Crippen LogP contribution in [0.3, 0.4) is 0 Å². The number of carbonyl (C=O) groups is 1. The van der Waals surface area contributed by atoms with E-state index >= 15 is 0 Å². The summed E-state index contributed by atoms with van der Waals surface area (Å²) < 4.78 is 0.749. The van der Waals surface area contributed by atoms with E-state index in [1.807, 2.05) is 12.1 Å². The molecule has 0 saturated carbocycles. The Balaban J connectivity index is 2.04.